The summed E-state index contributed by atoms with van der Waals surface area (Å²) < 4.78 is 0. The number of fused-ring (bicyclic) bond motifs is 2. The van der Waals surface area contributed by atoms with Gasteiger partial charge in [-0.15, -0.1) is 0 Å². The molecule has 0 saturated carbocycles. The Morgan fingerprint density at radius 1 is 1.41 bits per heavy atom. The van der Waals surface area contributed by atoms with E-state index >= 15 is 0 Å². The second-order valence-corrected chi connectivity index (χ2v) is 6.47. The van der Waals surface area contributed by atoms with E-state index in [0.717, 1.165) is 18.5 Å². The molecular weight excluding hydrogens is 230 g/mol. The SMILES string of the molecule is CN1C2CCC1CC(C(O)Cc1ccsc1)C2. The lowest BCUT2D eigenvalue weighted by molar-refractivity contribution is 0.0368. The number of hydrogen-bond donors (Lipinski definition) is 1. The molecule has 0 aromatic carbocycles. The molecule has 0 radical (unpaired) electrons. The molecule has 0 aliphatic carbocycles. The summed E-state index contributed by atoms with van der Waals surface area (Å²) >= 11 is 1.72. The van der Waals surface area contributed by atoms with Crippen LogP contribution in [0, 0.1) is 5.92 Å². The van der Waals surface area contributed by atoms with Crippen LogP contribution in [-0.4, -0.2) is 35.2 Å². The van der Waals surface area contributed by atoms with Crippen molar-refractivity contribution in [3.05, 3.63) is 22.4 Å². The maximum Gasteiger partial charge on any atom is 0.0610 e. The number of aliphatic hydroxyl groups excluding tert-OH is 1. The van der Waals surface area contributed by atoms with E-state index in [4.69, 9.17) is 0 Å². The predicted octanol–water partition coefficient (Wildman–Crippen LogP) is 2.52. The van der Waals surface area contributed by atoms with Crippen molar-refractivity contribution in [2.24, 2.45) is 5.92 Å². The Morgan fingerprint density at radius 2 is 2.12 bits per heavy atom. The Balaban J connectivity index is 1.62. The van der Waals surface area contributed by atoms with Crippen molar-refractivity contribution < 1.29 is 5.11 Å². The maximum absolute atomic E-state index is 10.4. The lowest BCUT2D eigenvalue weighted by atomic mass is 9.84. The normalized spacial score (nSPS) is 35.1. The van der Waals surface area contributed by atoms with Gasteiger partial charge in [0.1, 0.15) is 0 Å². The molecule has 3 atom stereocenters. The minimum Gasteiger partial charge on any atom is -0.392 e. The Kier molecular flexibility index (Phi) is 3.24. The molecule has 2 saturated heterocycles. The average molecular weight is 251 g/mol. The first-order valence-corrected chi connectivity index (χ1v) is 7.59. The zero-order chi connectivity index (χ0) is 11.8. The zero-order valence-corrected chi connectivity index (χ0v) is 11.2. The molecule has 94 valence electrons. The summed E-state index contributed by atoms with van der Waals surface area (Å²) in [6.07, 6.45) is 5.76. The summed E-state index contributed by atoms with van der Waals surface area (Å²) in [5.74, 6) is 0.517. The summed E-state index contributed by atoms with van der Waals surface area (Å²) in [6, 6.07) is 3.60. The molecule has 1 aromatic heterocycles. The smallest absolute Gasteiger partial charge is 0.0610 e. The second kappa shape index (κ2) is 4.71. The summed E-state index contributed by atoms with van der Waals surface area (Å²) in [7, 11) is 2.25. The van der Waals surface area contributed by atoms with E-state index in [1.807, 2.05) is 0 Å². The highest BCUT2D eigenvalue weighted by molar-refractivity contribution is 7.07. The van der Waals surface area contributed by atoms with Crippen molar-refractivity contribution in [3.63, 3.8) is 0 Å². The first-order chi connectivity index (χ1) is 8.24. The minimum absolute atomic E-state index is 0.138. The van der Waals surface area contributed by atoms with Crippen molar-refractivity contribution in [1.29, 1.82) is 0 Å². The van der Waals surface area contributed by atoms with E-state index in [1.54, 1.807) is 11.3 Å². The van der Waals surface area contributed by atoms with Gasteiger partial charge >= 0.3 is 0 Å². The van der Waals surface area contributed by atoms with Crippen LogP contribution in [0.5, 0.6) is 0 Å². The Labute approximate surface area is 107 Å². The fourth-order valence-electron chi connectivity index (χ4n) is 3.58. The summed E-state index contributed by atoms with van der Waals surface area (Å²) in [6.45, 7) is 0. The quantitative estimate of drug-likeness (QED) is 0.892. The molecule has 0 amide bonds. The number of nitrogens with zero attached hydrogens (tertiary/aromatic N) is 1. The van der Waals surface area contributed by atoms with Crippen LogP contribution in [0.25, 0.3) is 0 Å². The highest BCUT2D eigenvalue weighted by atomic mass is 32.1. The van der Waals surface area contributed by atoms with Gasteiger partial charge in [0.25, 0.3) is 0 Å². The van der Waals surface area contributed by atoms with E-state index < -0.39 is 0 Å². The van der Waals surface area contributed by atoms with Gasteiger partial charge in [-0.3, -0.25) is 0 Å². The Bertz CT molecular complexity index is 350. The van der Waals surface area contributed by atoms with Crippen LogP contribution < -0.4 is 0 Å². The van der Waals surface area contributed by atoms with Crippen LogP contribution in [0.1, 0.15) is 31.2 Å². The molecular formula is C14H21NOS. The third kappa shape index (κ3) is 2.28. The average Bonchev–Trinajstić information content (AvgIpc) is 2.86. The van der Waals surface area contributed by atoms with Crippen molar-refractivity contribution in [1.82, 2.24) is 4.90 Å². The van der Waals surface area contributed by atoms with Gasteiger partial charge in [0, 0.05) is 12.1 Å². The summed E-state index contributed by atoms with van der Waals surface area (Å²) in [5, 5.41) is 14.6. The number of thiophene rings is 1. The fourth-order valence-corrected chi connectivity index (χ4v) is 4.27. The van der Waals surface area contributed by atoms with E-state index in [-0.39, 0.29) is 6.10 Å². The van der Waals surface area contributed by atoms with E-state index in [2.05, 4.69) is 28.8 Å². The van der Waals surface area contributed by atoms with E-state index in [1.165, 1.54) is 31.2 Å². The van der Waals surface area contributed by atoms with E-state index in [9.17, 15) is 5.11 Å². The molecule has 0 spiro atoms. The molecule has 1 N–H and O–H groups in total. The van der Waals surface area contributed by atoms with Crippen LogP contribution in [0.3, 0.4) is 0 Å². The van der Waals surface area contributed by atoms with Crippen LogP contribution in [0.15, 0.2) is 16.8 Å². The number of rotatable bonds is 3. The number of aliphatic hydroxyl groups is 1. The van der Waals surface area contributed by atoms with Crippen molar-refractivity contribution in [2.75, 3.05) is 7.05 Å². The molecule has 2 nitrogen and oxygen atoms in total. The van der Waals surface area contributed by atoms with Crippen molar-refractivity contribution >= 4 is 11.3 Å². The monoisotopic (exact) mass is 251 g/mol. The standard InChI is InChI=1S/C14H21NOS/c1-15-12-2-3-13(15)8-11(7-12)14(16)6-10-4-5-17-9-10/h4-5,9,11-14,16H,2-3,6-8H2,1H3. The third-order valence-corrected chi connectivity index (χ3v) is 5.44. The molecule has 2 aliphatic rings. The Morgan fingerprint density at radius 3 is 2.71 bits per heavy atom. The van der Waals surface area contributed by atoms with Crippen molar-refractivity contribution in [2.45, 2.75) is 50.3 Å². The zero-order valence-electron chi connectivity index (χ0n) is 10.4. The molecule has 3 heterocycles. The first-order valence-electron chi connectivity index (χ1n) is 6.65. The van der Waals surface area contributed by atoms with Crippen LogP contribution >= 0.6 is 11.3 Å². The molecule has 3 unspecified atom stereocenters. The number of piperidine rings is 1. The summed E-state index contributed by atoms with van der Waals surface area (Å²) in [4.78, 5) is 2.54. The van der Waals surface area contributed by atoms with Crippen LogP contribution in [0.2, 0.25) is 0 Å². The van der Waals surface area contributed by atoms with Gasteiger partial charge < -0.3 is 10.0 Å². The molecule has 17 heavy (non-hydrogen) atoms. The van der Waals surface area contributed by atoms with Crippen molar-refractivity contribution in [3.8, 4) is 0 Å². The fraction of sp³-hybridized carbons (Fsp3) is 0.714. The molecule has 1 aromatic rings. The lowest BCUT2D eigenvalue weighted by Gasteiger charge is -2.38. The molecule has 2 bridgehead atoms. The molecule has 2 fully saturated rings. The molecule has 2 aliphatic heterocycles. The van der Waals surface area contributed by atoms with Gasteiger partial charge in [-0.25, -0.2) is 0 Å². The van der Waals surface area contributed by atoms with Gasteiger partial charge in [-0.2, -0.15) is 11.3 Å². The molecule has 3 heteroatoms. The topological polar surface area (TPSA) is 23.5 Å². The van der Waals surface area contributed by atoms with Crippen LogP contribution in [0.4, 0.5) is 0 Å². The van der Waals surface area contributed by atoms with Gasteiger partial charge in [-0.05, 0) is 67.5 Å². The maximum atomic E-state index is 10.4. The van der Waals surface area contributed by atoms with Gasteiger partial charge in [0.05, 0.1) is 6.10 Å². The van der Waals surface area contributed by atoms with E-state index in [0.29, 0.717) is 5.92 Å². The van der Waals surface area contributed by atoms with Crippen LogP contribution in [-0.2, 0) is 6.42 Å². The van der Waals surface area contributed by atoms with Gasteiger partial charge in [0.15, 0.2) is 0 Å². The van der Waals surface area contributed by atoms with Gasteiger partial charge in [-0.1, -0.05) is 0 Å². The van der Waals surface area contributed by atoms with Gasteiger partial charge in [0.2, 0.25) is 0 Å². The third-order valence-electron chi connectivity index (χ3n) is 4.70. The minimum atomic E-state index is -0.138. The summed E-state index contributed by atoms with van der Waals surface area (Å²) in [5.41, 5.74) is 1.30. The largest absolute Gasteiger partial charge is 0.392 e. The highest BCUT2D eigenvalue weighted by Crippen LogP contribution is 2.39. The molecule has 3 rings (SSSR count). The second-order valence-electron chi connectivity index (χ2n) is 5.69. The number of hydrogen-bond acceptors (Lipinski definition) is 3. The lowest BCUT2D eigenvalue weighted by Crippen LogP contribution is -2.43. The highest BCUT2D eigenvalue weighted by Gasteiger charge is 2.40. The first kappa shape index (κ1) is 11.7. The predicted molar refractivity (Wildman–Crippen MR) is 71.3 cm³/mol. The Hall–Kier alpha value is -0.380.